The average molecular weight is 231 g/mol. The zero-order valence-corrected chi connectivity index (χ0v) is 9.40. The number of thioether (sulfide) groups is 1. The highest BCUT2D eigenvalue weighted by Crippen LogP contribution is 2.26. The third kappa shape index (κ3) is 3.60. The lowest BCUT2D eigenvalue weighted by Gasteiger charge is -2.02. The molecule has 0 aliphatic heterocycles. The predicted octanol–water partition coefficient (Wildman–Crippen LogP) is 3.00. The fourth-order valence-electron chi connectivity index (χ4n) is 0.908. The van der Waals surface area contributed by atoms with Gasteiger partial charge in [0.1, 0.15) is 0 Å². The second-order valence-electron chi connectivity index (χ2n) is 2.61. The first-order valence-electron chi connectivity index (χ1n) is 4.18. The molecule has 76 valence electrons. The fourth-order valence-corrected chi connectivity index (χ4v) is 2.08. The quantitative estimate of drug-likeness (QED) is 0.588. The minimum absolute atomic E-state index is 0.190. The zero-order chi connectivity index (χ0) is 10.4. The van der Waals surface area contributed by atoms with Crippen molar-refractivity contribution in [1.82, 2.24) is 0 Å². The van der Waals surface area contributed by atoms with Crippen LogP contribution in [-0.2, 0) is 9.53 Å². The zero-order valence-electron chi connectivity index (χ0n) is 7.83. The van der Waals surface area contributed by atoms with Crippen molar-refractivity contribution in [2.24, 2.45) is 0 Å². The Bertz CT molecular complexity index is 315. The van der Waals surface area contributed by atoms with E-state index in [2.05, 4.69) is 4.74 Å². The summed E-state index contributed by atoms with van der Waals surface area (Å²) < 4.78 is 4.53. The summed E-state index contributed by atoms with van der Waals surface area (Å²) in [6.07, 6.45) is 0.409. The van der Waals surface area contributed by atoms with E-state index >= 15 is 0 Å². The number of carbonyl (C=O) groups excluding carboxylic acids is 1. The van der Waals surface area contributed by atoms with Gasteiger partial charge in [-0.25, -0.2) is 0 Å². The van der Waals surface area contributed by atoms with Crippen LogP contribution in [-0.4, -0.2) is 18.8 Å². The van der Waals surface area contributed by atoms with Gasteiger partial charge in [-0.05, 0) is 12.1 Å². The van der Waals surface area contributed by atoms with Crippen LogP contribution in [0.25, 0.3) is 0 Å². The van der Waals surface area contributed by atoms with Gasteiger partial charge in [-0.15, -0.1) is 11.8 Å². The summed E-state index contributed by atoms with van der Waals surface area (Å²) in [7, 11) is 1.39. The van der Waals surface area contributed by atoms with Crippen molar-refractivity contribution in [1.29, 1.82) is 0 Å². The van der Waals surface area contributed by atoms with Crippen LogP contribution in [0.5, 0.6) is 0 Å². The van der Waals surface area contributed by atoms with E-state index in [1.54, 1.807) is 11.8 Å². The summed E-state index contributed by atoms with van der Waals surface area (Å²) >= 11 is 7.49. The van der Waals surface area contributed by atoms with Crippen LogP contribution in [0.1, 0.15) is 6.42 Å². The predicted molar refractivity (Wildman–Crippen MR) is 58.8 cm³/mol. The van der Waals surface area contributed by atoms with E-state index in [9.17, 15) is 4.79 Å². The topological polar surface area (TPSA) is 26.3 Å². The maximum Gasteiger partial charge on any atom is 0.306 e. The highest BCUT2D eigenvalue weighted by Gasteiger charge is 2.02. The highest BCUT2D eigenvalue weighted by molar-refractivity contribution is 7.99. The Labute approximate surface area is 92.6 Å². The minimum atomic E-state index is -0.190. The monoisotopic (exact) mass is 230 g/mol. The first-order valence-corrected chi connectivity index (χ1v) is 5.54. The summed E-state index contributed by atoms with van der Waals surface area (Å²) in [5.74, 6) is 0.501. The van der Waals surface area contributed by atoms with E-state index in [1.165, 1.54) is 7.11 Å². The molecule has 0 aliphatic carbocycles. The van der Waals surface area contributed by atoms with E-state index in [-0.39, 0.29) is 5.97 Å². The third-order valence-corrected chi connectivity index (χ3v) is 3.14. The maximum absolute atomic E-state index is 10.8. The SMILES string of the molecule is COC(=O)CCSc1ccccc1Cl. The molecule has 0 aromatic heterocycles. The molecule has 0 heterocycles. The van der Waals surface area contributed by atoms with Crippen molar-refractivity contribution in [3.8, 4) is 0 Å². The summed E-state index contributed by atoms with van der Waals surface area (Å²) in [4.78, 5) is 11.8. The number of methoxy groups -OCH3 is 1. The number of esters is 1. The number of hydrogen-bond donors (Lipinski definition) is 0. The van der Waals surface area contributed by atoms with Gasteiger partial charge in [-0.2, -0.15) is 0 Å². The maximum atomic E-state index is 10.8. The Balaban J connectivity index is 2.39. The highest BCUT2D eigenvalue weighted by atomic mass is 35.5. The van der Waals surface area contributed by atoms with Crippen LogP contribution in [0.3, 0.4) is 0 Å². The molecule has 0 radical (unpaired) electrons. The Hall–Kier alpha value is -0.670. The lowest BCUT2D eigenvalue weighted by Crippen LogP contribution is -2.00. The Morgan fingerprint density at radius 1 is 1.50 bits per heavy atom. The van der Waals surface area contributed by atoms with Gasteiger partial charge in [0, 0.05) is 10.6 Å². The molecular weight excluding hydrogens is 220 g/mol. The number of carbonyl (C=O) groups is 1. The standard InChI is InChI=1S/C10H11ClO2S/c1-13-10(12)6-7-14-9-5-3-2-4-8(9)11/h2-5H,6-7H2,1H3. The lowest BCUT2D eigenvalue weighted by molar-refractivity contribution is -0.140. The molecule has 1 aromatic carbocycles. The van der Waals surface area contributed by atoms with E-state index in [1.807, 2.05) is 24.3 Å². The molecule has 0 N–H and O–H groups in total. The van der Waals surface area contributed by atoms with Gasteiger partial charge in [0.05, 0.1) is 18.6 Å². The molecule has 0 aliphatic rings. The van der Waals surface area contributed by atoms with E-state index in [0.29, 0.717) is 12.2 Å². The Morgan fingerprint density at radius 3 is 2.86 bits per heavy atom. The lowest BCUT2D eigenvalue weighted by atomic mass is 10.4. The summed E-state index contributed by atoms with van der Waals surface area (Å²) in [5, 5.41) is 0.724. The molecule has 0 saturated heterocycles. The number of halogens is 1. The van der Waals surface area contributed by atoms with Crippen LogP contribution in [0.4, 0.5) is 0 Å². The van der Waals surface area contributed by atoms with Crippen molar-refractivity contribution >= 4 is 29.3 Å². The molecule has 0 saturated carbocycles. The van der Waals surface area contributed by atoms with E-state index in [4.69, 9.17) is 11.6 Å². The molecule has 4 heteroatoms. The molecular formula is C10H11ClO2S. The number of benzene rings is 1. The minimum Gasteiger partial charge on any atom is -0.469 e. The van der Waals surface area contributed by atoms with Gasteiger partial charge >= 0.3 is 5.97 Å². The summed E-state index contributed by atoms with van der Waals surface area (Å²) in [5.41, 5.74) is 0. The van der Waals surface area contributed by atoms with Gasteiger partial charge in [-0.3, -0.25) is 4.79 Å². The van der Waals surface area contributed by atoms with Crippen LogP contribution in [0.2, 0.25) is 5.02 Å². The third-order valence-electron chi connectivity index (χ3n) is 1.63. The molecule has 1 aromatic rings. The molecule has 0 unspecified atom stereocenters. The van der Waals surface area contributed by atoms with Crippen LogP contribution < -0.4 is 0 Å². The summed E-state index contributed by atoms with van der Waals surface area (Å²) in [6.45, 7) is 0. The van der Waals surface area contributed by atoms with Crippen LogP contribution >= 0.6 is 23.4 Å². The largest absolute Gasteiger partial charge is 0.469 e. The number of rotatable bonds is 4. The first-order chi connectivity index (χ1) is 6.74. The average Bonchev–Trinajstić information content (AvgIpc) is 2.20. The molecule has 0 spiro atoms. The van der Waals surface area contributed by atoms with Gasteiger partial charge < -0.3 is 4.74 Å². The molecule has 14 heavy (non-hydrogen) atoms. The van der Waals surface area contributed by atoms with E-state index in [0.717, 1.165) is 9.92 Å². The summed E-state index contributed by atoms with van der Waals surface area (Å²) in [6, 6.07) is 7.57. The van der Waals surface area contributed by atoms with Crippen molar-refractivity contribution in [2.75, 3.05) is 12.9 Å². The number of hydrogen-bond acceptors (Lipinski definition) is 3. The molecule has 0 amide bonds. The van der Waals surface area contributed by atoms with Crippen molar-refractivity contribution in [3.63, 3.8) is 0 Å². The van der Waals surface area contributed by atoms with Crippen molar-refractivity contribution in [2.45, 2.75) is 11.3 Å². The first kappa shape index (κ1) is 11.4. The van der Waals surface area contributed by atoms with Gasteiger partial charge in [0.15, 0.2) is 0 Å². The molecule has 0 fully saturated rings. The van der Waals surface area contributed by atoms with Crippen LogP contribution in [0.15, 0.2) is 29.2 Å². The molecule has 0 atom stereocenters. The molecule has 1 rings (SSSR count). The van der Waals surface area contributed by atoms with Gasteiger partial charge in [-0.1, -0.05) is 23.7 Å². The van der Waals surface area contributed by atoms with Crippen molar-refractivity contribution < 1.29 is 9.53 Å². The molecule has 0 bridgehead atoms. The normalized spacial score (nSPS) is 9.86. The van der Waals surface area contributed by atoms with Crippen LogP contribution in [0, 0.1) is 0 Å². The second-order valence-corrected chi connectivity index (χ2v) is 4.15. The van der Waals surface area contributed by atoms with Gasteiger partial charge in [0.25, 0.3) is 0 Å². The fraction of sp³-hybridized carbons (Fsp3) is 0.300. The second kappa shape index (κ2) is 5.94. The Kier molecular flexibility index (Phi) is 4.84. The van der Waals surface area contributed by atoms with E-state index < -0.39 is 0 Å². The smallest absolute Gasteiger partial charge is 0.306 e. The van der Waals surface area contributed by atoms with Gasteiger partial charge in [0.2, 0.25) is 0 Å². The Morgan fingerprint density at radius 2 is 2.21 bits per heavy atom. The molecule has 2 nitrogen and oxygen atoms in total. The van der Waals surface area contributed by atoms with Crippen molar-refractivity contribution in [3.05, 3.63) is 29.3 Å². The number of ether oxygens (including phenoxy) is 1.